The molecule has 0 unspecified atom stereocenters. The molecule has 9 heavy (non-hydrogen) atoms. The monoisotopic (exact) mass is 141 g/mol. The Bertz CT molecular complexity index is 67.0. The van der Waals surface area contributed by atoms with Crippen molar-refractivity contribution in [1.82, 2.24) is 6.15 Å². The molecule has 7 N–H and O–H groups in total. The van der Waals surface area contributed by atoms with Gasteiger partial charge in [-0.3, -0.25) is 0 Å². The summed E-state index contributed by atoms with van der Waals surface area (Å²) in [5, 5.41) is 15.2. The molecular weight excluding hydrogens is 134 g/mol. The fourth-order valence-electron chi connectivity index (χ4n) is 0. The fraction of sp³-hybridized carbons (Fsp3) is 0. The average Bonchev–Trinajstić information content (AvgIpc) is 1.25. The molecule has 9 heteroatoms. The summed E-state index contributed by atoms with van der Waals surface area (Å²) in [6, 6.07) is 0. The molecule has 0 aromatic rings. The Balaban J connectivity index is -0.0000000720. The predicted molar refractivity (Wildman–Crippen MR) is 27.4 cm³/mol. The van der Waals surface area contributed by atoms with Crippen molar-refractivity contribution in [2.75, 3.05) is 0 Å². The van der Waals surface area contributed by atoms with E-state index in [1.54, 1.807) is 0 Å². The lowest BCUT2D eigenvalue weighted by molar-refractivity contribution is -0.491. The molecule has 0 bridgehead atoms. The van der Waals surface area contributed by atoms with Gasteiger partial charge in [0.15, 0.2) is 10.1 Å². The van der Waals surface area contributed by atoms with Crippen LogP contribution in [0, 0.1) is 20.2 Å². The van der Waals surface area contributed by atoms with Crippen LogP contribution in [0.5, 0.6) is 0 Å². The molecule has 9 nitrogen and oxygen atoms in total. The van der Waals surface area contributed by atoms with E-state index in [0.29, 0.717) is 0 Å². The smallest absolute Gasteiger partial charge is 0.154 e. The molecule has 0 heterocycles. The SMILES string of the molecule is N.N[N+](=O)[O-].N[N+](=O)[O-]. The van der Waals surface area contributed by atoms with Crippen molar-refractivity contribution >= 4 is 0 Å². The van der Waals surface area contributed by atoms with Crippen LogP contribution in [0.3, 0.4) is 0 Å². The lowest BCUT2D eigenvalue weighted by Gasteiger charge is -1.61. The highest BCUT2D eigenvalue weighted by Gasteiger charge is 1.57. The van der Waals surface area contributed by atoms with Crippen molar-refractivity contribution in [3.8, 4) is 0 Å². The first kappa shape index (κ1) is 15.7. The minimum Gasteiger partial charge on any atom is -0.344 e. The molecule has 0 atom stereocenters. The normalized spacial score (nSPS) is 5.33. The molecule has 0 aliphatic carbocycles. The van der Waals surface area contributed by atoms with Gasteiger partial charge in [0.05, 0.1) is 0 Å². The largest absolute Gasteiger partial charge is 0.344 e. The Morgan fingerprint density at radius 2 is 1.00 bits per heavy atom. The van der Waals surface area contributed by atoms with Crippen molar-refractivity contribution in [3.05, 3.63) is 20.2 Å². The van der Waals surface area contributed by atoms with Crippen molar-refractivity contribution in [3.63, 3.8) is 0 Å². The zero-order chi connectivity index (χ0) is 7.15. The van der Waals surface area contributed by atoms with E-state index in [1.165, 1.54) is 0 Å². The first-order valence-electron chi connectivity index (χ1n) is 1.25. The maximum atomic E-state index is 8.58. The van der Waals surface area contributed by atoms with E-state index in [9.17, 15) is 0 Å². The summed E-state index contributed by atoms with van der Waals surface area (Å²) in [6.07, 6.45) is 0. The maximum Gasteiger partial charge on any atom is 0.154 e. The topological polar surface area (TPSA) is 173 Å². The minimum atomic E-state index is -1.00. The molecular formula is H7N5O4. The molecule has 0 fully saturated rings. The maximum absolute atomic E-state index is 8.58. The number of nitrogens with zero attached hydrogens (tertiary/aromatic N) is 2. The van der Waals surface area contributed by atoms with Crippen LogP contribution in [-0.4, -0.2) is 10.1 Å². The van der Waals surface area contributed by atoms with Gasteiger partial charge in [0.2, 0.25) is 0 Å². The molecule has 0 aliphatic heterocycles. The molecule has 0 saturated heterocycles. The summed E-state index contributed by atoms with van der Waals surface area (Å²) in [7, 11) is 0. The Morgan fingerprint density at radius 3 is 1.00 bits per heavy atom. The van der Waals surface area contributed by atoms with Crippen molar-refractivity contribution in [2.24, 2.45) is 11.7 Å². The molecule has 0 saturated carbocycles. The van der Waals surface area contributed by atoms with E-state index in [2.05, 4.69) is 11.7 Å². The number of hydrogen-bond acceptors (Lipinski definition) is 5. The Hall–Kier alpha value is -1.64. The standard InChI is InChI=1S/2H2N2O2.H3N/c2*1-2(3)4;/h2*1H2;1H3. The van der Waals surface area contributed by atoms with Crippen LogP contribution < -0.4 is 17.8 Å². The summed E-state index contributed by atoms with van der Waals surface area (Å²) in [6.45, 7) is 0. The number of hydrazine groups is 2. The van der Waals surface area contributed by atoms with E-state index in [0.717, 1.165) is 0 Å². The van der Waals surface area contributed by atoms with Gasteiger partial charge < -0.3 is 6.15 Å². The number of nitro groups is 2. The molecule has 0 amide bonds. The van der Waals surface area contributed by atoms with Crippen LogP contribution in [0.15, 0.2) is 0 Å². The Morgan fingerprint density at radius 1 is 1.00 bits per heavy atom. The molecule has 0 aromatic carbocycles. The molecule has 0 spiro atoms. The van der Waals surface area contributed by atoms with Gasteiger partial charge in [0.25, 0.3) is 0 Å². The van der Waals surface area contributed by atoms with Crippen LogP contribution in [0.4, 0.5) is 0 Å². The van der Waals surface area contributed by atoms with Gasteiger partial charge in [-0.15, -0.1) is 0 Å². The quantitative estimate of drug-likeness (QED) is 0.207. The molecule has 0 rings (SSSR count). The third-order valence-electron chi connectivity index (χ3n) is 0. The highest BCUT2D eigenvalue weighted by molar-refractivity contribution is 3.87. The van der Waals surface area contributed by atoms with Gasteiger partial charge >= 0.3 is 0 Å². The summed E-state index contributed by atoms with van der Waals surface area (Å²) >= 11 is 0. The van der Waals surface area contributed by atoms with Gasteiger partial charge in [0, 0.05) is 0 Å². The molecule has 0 aromatic heterocycles. The Labute approximate surface area is 49.4 Å². The molecule has 56 valence electrons. The zero-order valence-electron chi connectivity index (χ0n) is 4.39. The predicted octanol–water partition coefficient (Wildman–Crippen LogP) is -1.56. The van der Waals surface area contributed by atoms with Gasteiger partial charge in [0.1, 0.15) is 0 Å². The van der Waals surface area contributed by atoms with E-state index in [4.69, 9.17) is 20.2 Å². The first-order chi connectivity index (χ1) is 3.46. The average molecular weight is 141 g/mol. The first-order valence-corrected chi connectivity index (χ1v) is 1.25. The third-order valence-corrected chi connectivity index (χ3v) is 0. The van der Waals surface area contributed by atoms with Crippen molar-refractivity contribution in [1.29, 1.82) is 0 Å². The Kier molecular flexibility index (Phi) is 16.7. The van der Waals surface area contributed by atoms with Crippen molar-refractivity contribution < 1.29 is 10.1 Å². The summed E-state index contributed by atoms with van der Waals surface area (Å²) < 4.78 is 0. The highest BCUT2D eigenvalue weighted by Crippen LogP contribution is 1.29. The van der Waals surface area contributed by atoms with E-state index < -0.39 is 10.1 Å². The second-order valence-electron chi connectivity index (χ2n) is 0.571. The van der Waals surface area contributed by atoms with Crippen LogP contribution in [0.2, 0.25) is 0 Å². The molecule has 0 radical (unpaired) electrons. The third kappa shape index (κ3) is 45.0. The van der Waals surface area contributed by atoms with Crippen LogP contribution in [0.1, 0.15) is 0 Å². The van der Waals surface area contributed by atoms with Crippen molar-refractivity contribution in [2.45, 2.75) is 0 Å². The molecule has 0 aliphatic rings. The number of hydrogen-bond donors (Lipinski definition) is 3. The summed E-state index contributed by atoms with van der Waals surface area (Å²) in [5.41, 5.74) is 0. The van der Waals surface area contributed by atoms with Crippen LogP contribution >= 0.6 is 0 Å². The minimum absolute atomic E-state index is 0. The number of rotatable bonds is 0. The highest BCUT2D eigenvalue weighted by atomic mass is 16.7. The van der Waals surface area contributed by atoms with E-state index in [-0.39, 0.29) is 6.15 Å². The second kappa shape index (κ2) is 9.61. The fourth-order valence-corrected chi connectivity index (χ4v) is 0. The second-order valence-corrected chi connectivity index (χ2v) is 0.571. The van der Waals surface area contributed by atoms with Gasteiger partial charge in [-0.05, 0) is 0 Å². The van der Waals surface area contributed by atoms with Gasteiger partial charge in [-0.25, -0.2) is 20.2 Å². The number of nitrogens with two attached hydrogens (primary N) is 2. The summed E-state index contributed by atoms with van der Waals surface area (Å²) in [5.74, 6) is 7.67. The van der Waals surface area contributed by atoms with E-state index in [1.807, 2.05) is 0 Å². The van der Waals surface area contributed by atoms with Gasteiger partial charge in [-0.2, -0.15) is 11.7 Å². The lowest BCUT2D eigenvalue weighted by Crippen LogP contribution is -2.04. The van der Waals surface area contributed by atoms with Crippen LogP contribution in [0.25, 0.3) is 0 Å². The van der Waals surface area contributed by atoms with E-state index >= 15 is 0 Å². The van der Waals surface area contributed by atoms with Crippen LogP contribution in [-0.2, 0) is 0 Å². The zero-order valence-corrected chi connectivity index (χ0v) is 4.39. The lowest BCUT2D eigenvalue weighted by atomic mass is 12.8. The van der Waals surface area contributed by atoms with Gasteiger partial charge in [-0.1, -0.05) is 0 Å². The summed E-state index contributed by atoms with van der Waals surface area (Å²) in [4.78, 5) is 17.2.